The molecule has 18 heavy (non-hydrogen) atoms. The smallest absolute Gasteiger partial charge is 0.185 e. The SMILES string of the molecule is Cc1[nH]c2ccccc2c1CC(=N)OC(C)C.Cl. The minimum atomic E-state index is 0. The Labute approximate surface area is 113 Å². The summed E-state index contributed by atoms with van der Waals surface area (Å²) in [7, 11) is 0. The molecule has 0 spiro atoms. The standard InChI is InChI=1S/C14H18N2O.ClH/c1-9(2)17-14(15)8-12-10(3)16-13-7-5-4-6-11(12)13;/h4-7,9,15-16H,8H2,1-3H3;1H. The molecule has 0 atom stereocenters. The van der Waals surface area contributed by atoms with E-state index < -0.39 is 0 Å². The van der Waals surface area contributed by atoms with Gasteiger partial charge in [-0.15, -0.1) is 12.4 Å². The number of hydrogen-bond donors (Lipinski definition) is 2. The summed E-state index contributed by atoms with van der Waals surface area (Å²) in [5.74, 6) is 0.327. The molecule has 98 valence electrons. The van der Waals surface area contributed by atoms with E-state index in [1.54, 1.807) is 0 Å². The number of rotatable bonds is 3. The highest BCUT2D eigenvalue weighted by atomic mass is 35.5. The minimum absolute atomic E-state index is 0. The van der Waals surface area contributed by atoms with Crippen LogP contribution in [0.15, 0.2) is 24.3 Å². The molecule has 1 heterocycles. The second-order valence-corrected chi connectivity index (χ2v) is 4.54. The van der Waals surface area contributed by atoms with E-state index in [0.717, 1.165) is 16.8 Å². The number of halogens is 1. The molecule has 0 bridgehead atoms. The third-order valence-electron chi connectivity index (χ3n) is 2.74. The number of hydrogen-bond acceptors (Lipinski definition) is 2. The summed E-state index contributed by atoms with van der Waals surface area (Å²) in [5.41, 5.74) is 3.40. The van der Waals surface area contributed by atoms with Gasteiger partial charge in [0.1, 0.15) is 0 Å². The molecule has 2 aromatic rings. The van der Waals surface area contributed by atoms with Crippen molar-refractivity contribution in [3.05, 3.63) is 35.5 Å². The Morgan fingerprint density at radius 1 is 1.33 bits per heavy atom. The fourth-order valence-corrected chi connectivity index (χ4v) is 2.05. The Kier molecular flexibility index (Phi) is 4.79. The zero-order valence-corrected chi connectivity index (χ0v) is 11.7. The molecule has 0 radical (unpaired) electrons. The topological polar surface area (TPSA) is 48.9 Å². The molecule has 0 saturated heterocycles. The molecule has 0 fully saturated rings. The second kappa shape index (κ2) is 5.91. The predicted molar refractivity (Wildman–Crippen MR) is 77.9 cm³/mol. The number of aromatic amines is 1. The zero-order valence-electron chi connectivity index (χ0n) is 10.9. The largest absolute Gasteiger partial charge is 0.478 e. The molecule has 0 aliphatic carbocycles. The lowest BCUT2D eigenvalue weighted by atomic mass is 10.1. The number of aryl methyl sites for hydroxylation is 1. The van der Waals surface area contributed by atoms with E-state index in [1.165, 1.54) is 5.39 Å². The molecule has 3 nitrogen and oxygen atoms in total. The highest BCUT2D eigenvalue weighted by Crippen LogP contribution is 2.22. The molecule has 0 aliphatic rings. The van der Waals surface area contributed by atoms with E-state index in [9.17, 15) is 0 Å². The number of aromatic nitrogens is 1. The minimum Gasteiger partial charge on any atom is -0.478 e. The van der Waals surface area contributed by atoms with Crippen molar-refractivity contribution in [3.63, 3.8) is 0 Å². The zero-order chi connectivity index (χ0) is 12.4. The van der Waals surface area contributed by atoms with Crippen molar-refractivity contribution in [2.24, 2.45) is 0 Å². The summed E-state index contributed by atoms with van der Waals surface area (Å²) < 4.78 is 5.40. The number of H-pyrrole nitrogens is 1. The van der Waals surface area contributed by atoms with E-state index in [4.69, 9.17) is 10.1 Å². The second-order valence-electron chi connectivity index (χ2n) is 4.54. The molecule has 4 heteroatoms. The summed E-state index contributed by atoms with van der Waals surface area (Å²) in [4.78, 5) is 3.33. The summed E-state index contributed by atoms with van der Waals surface area (Å²) in [6.45, 7) is 5.92. The van der Waals surface area contributed by atoms with Gasteiger partial charge in [-0.25, -0.2) is 0 Å². The van der Waals surface area contributed by atoms with Gasteiger partial charge >= 0.3 is 0 Å². The third-order valence-corrected chi connectivity index (χ3v) is 2.74. The molecule has 0 amide bonds. The Morgan fingerprint density at radius 2 is 2.00 bits per heavy atom. The highest BCUT2D eigenvalue weighted by Gasteiger charge is 2.11. The van der Waals surface area contributed by atoms with Crippen LogP contribution in [0.1, 0.15) is 25.1 Å². The van der Waals surface area contributed by atoms with E-state index >= 15 is 0 Å². The van der Waals surface area contributed by atoms with Crippen LogP contribution in [0.5, 0.6) is 0 Å². The number of nitrogens with one attached hydrogen (secondary N) is 2. The van der Waals surface area contributed by atoms with Crippen molar-refractivity contribution in [1.82, 2.24) is 4.98 Å². The van der Waals surface area contributed by atoms with Crippen molar-refractivity contribution in [2.75, 3.05) is 0 Å². The summed E-state index contributed by atoms with van der Waals surface area (Å²) in [6.07, 6.45) is 0.613. The number of fused-ring (bicyclic) bond motifs is 1. The molecule has 1 aromatic heterocycles. The number of benzene rings is 1. The lowest BCUT2D eigenvalue weighted by molar-refractivity contribution is 0.221. The summed E-state index contributed by atoms with van der Waals surface area (Å²) in [5, 5.41) is 9.01. The van der Waals surface area contributed by atoms with Gasteiger partial charge in [0.25, 0.3) is 0 Å². The Morgan fingerprint density at radius 3 is 2.67 bits per heavy atom. The van der Waals surface area contributed by atoms with Crippen LogP contribution in [0.2, 0.25) is 0 Å². The fraction of sp³-hybridized carbons (Fsp3) is 0.357. The Balaban J connectivity index is 0.00000162. The molecule has 0 aliphatic heterocycles. The summed E-state index contributed by atoms with van der Waals surface area (Å²) >= 11 is 0. The maximum Gasteiger partial charge on any atom is 0.185 e. The lowest BCUT2D eigenvalue weighted by Gasteiger charge is -2.10. The van der Waals surface area contributed by atoms with Gasteiger partial charge in [-0.2, -0.15) is 0 Å². The quantitative estimate of drug-likeness (QED) is 0.644. The van der Waals surface area contributed by atoms with Gasteiger partial charge in [-0.1, -0.05) is 18.2 Å². The van der Waals surface area contributed by atoms with Gasteiger partial charge in [0.15, 0.2) is 5.90 Å². The Bertz CT molecular complexity index is 546. The van der Waals surface area contributed by atoms with Crippen molar-refractivity contribution in [3.8, 4) is 0 Å². The van der Waals surface area contributed by atoms with Gasteiger partial charge in [0.05, 0.1) is 12.5 Å². The maximum absolute atomic E-state index is 7.83. The first-order chi connectivity index (χ1) is 8.08. The highest BCUT2D eigenvalue weighted by molar-refractivity contribution is 5.89. The molecule has 0 unspecified atom stereocenters. The van der Waals surface area contributed by atoms with Crippen LogP contribution < -0.4 is 0 Å². The van der Waals surface area contributed by atoms with Crippen LogP contribution in [0, 0.1) is 12.3 Å². The Hall–Kier alpha value is -1.48. The molecule has 1 aromatic carbocycles. The normalized spacial score (nSPS) is 10.4. The monoisotopic (exact) mass is 266 g/mol. The van der Waals surface area contributed by atoms with Crippen molar-refractivity contribution >= 4 is 29.2 Å². The average Bonchev–Trinajstić information content (AvgIpc) is 2.55. The van der Waals surface area contributed by atoms with E-state index in [-0.39, 0.29) is 18.5 Å². The number of para-hydroxylation sites is 1. The van der Waals surface area contributed by atoms with Gasteiger partial charge in [0, 0.05) is 16.6 Å². The van der Waals surface area contributed by atoms with E-state index in [1.807, 2.05) is 32.9 Å². The molecular weight excluding hydrogens is 248 g/mol. The van der Waals surface area contributed by atoms with Crippen molar-refractivity contribution in [2.45, 2.75) is 33.3 Å². The lowest BCUT2D eigenvalue weighted by Crippen LogP contribution is -2.13. The predicted octanol–water partition coefficient (Wildman–Crippen LogP) is 3.84. The van der Waals surface area contributed by atoms with Crippen LogP contribution in [0.25, 0.3) is 10.9 Å². The van der Waals surface area contributed by atoms with Crippen LogP contribution >= 0.6 is 12.4 Å². The van der Waals surface area contributed by atoms with Gasteiger partial charge < -0.3 is 9.72 Å². The number of ether oxygens (including phenoxy) is 1. The molecule has 0 saturated carbocycles. The average molecular weight is 267 g/mol. The van der Waals surface area contributed by atoms with E-state index in [2.05, 4.69) is 17.1 Å². The fourth-order valence-electron chi connectivity index (χ4n) is 2.05. The van der Waals surface area contributed by atoms with Crippen LogP contribution in [-0.4, -0.2) is 17.0 Å². The third kappa shape index (κ3) is 3.05. The molecule has 2 rings (SSSR count). The van der Waals surface area contributed by atoms with E-state index in [0.29, 0.717) is 12.3 Å². The maximum atomic E-state index is 7.83. The van der Waals surface area contributed by atoms with Crippen molar-refractivity contribution in [1.29, 1.82) is 5.41 Å². The van der Waals surface area contributed by atoms with Crippen LogP contribution in [-0.2, 0) is 11.2 Å². The first-order valence-electron chi connectivity index (χ1n) is 5.88. The van der Waals surface area contributed by atoms with Crippen LogP contribution in [0.4, 0.5) is 0 Å². The van der Waals surface area contributed by atoms with Gasteiger partial charge in [-0.3, -0.25) is 5.41 Å². The summed E-state index contributed by atoms with van der Waals surface area (Å²) in [6, 6.07) is 8.17. The molecule has 2 N–H and O–H groups in total. The molecular formula is C14H19ClN2O. The first kappa shape index (κ1) is 14.6. The van der Waals surface area contributed by atoms with Crippen LogP contribution in [0.3, 0.4) is 0 Å². The van der Waals surface area contributed by atoms with Gasteiger partial charge in [0.2, 0.25) is 0 Å². The van der Waals surface area contributed by atoms with Crippen molar-refractivity contribution < 1.29 is 4.74 Å². The van der Waals surface area contributed by atoms with Gasteiger partial charge in [-0.05, 0) is 32.4 Å². The first-order valence-corrected chi connectivity index (χ1v) is 5.88.